The minimum absolute atomic E-state index is 0.166. The number of amides is 1. The topological polar surface area (TPSA) is 72.4 Å². The lowest BCUT2D eigenvalue weighted by atomic mass is 10.1. The van der Waals surface area contributed by atoms with Crippen molar-refractivity contribution < 1.29 is 9.21 Å². The van der Waals surface area contributed by atoms with Gasteiger partial charge in [0.05, 0.1) is 5.69 Å². The third-order valence-electron chi connectivity index (χ3n) is 3.02. The number of carbonyl (C=O) groups is 1. The molecule has 5 nitrogen and oxygen atoms in total. The Balaban J connectivity index is 2.20. The predicted octanol–water partition coefficient (Wildman–Crippen LogP) is 2.23. The summed E-state index contributed by atoms with van der Waals surface area (Å²) in [6.07, 6.45) is 1.29. The molecule has 0 radical (unpaired) electrons. The monoisotopic (exact) mass is 259 g/mol. The Bertz CT molecular complexity index is 578. The molecule has 1 aromatic heterocycles. The quantitative estimate of drug-likeness (QED) is 0.854. The summed E-state index contributed by atoms with van der Waals surface area (Å²) in [6, 6.07) is 7.52. The van der Waals surface area contributed by atoms with Crippen molar-refractivity contribution in [3.8, 4) is 0 Å². The van der Waals surface area contributed by atoms with Crippen LogP contribution in [0.1, 0.15) is 28.7 Å². The molecule has 2 aromatic rings. The lowest BCUT2D eigenvalue weighted by Crippen LogP contribution is -2.30. The lowest BCUT2D eigenvalue weighted by molar-refractivity contribution is 0.0720. The maximum atomic E-state index is 12.3. The Kier molecular flexibility index (Phi) is 3.85. The largest absolute Gasteiger partial charge is 0.438 e. The third-order valence-corrected chi connectivity index (χ3v) is 3.02. The zero-order valence-electron chi connectivity index (χ0n) is 11.1. The van der Waals surface area contributed by atoms with E-state index in [4.69, 9.17) is 10.2 Å². The fraction of sp³-hybridized carbons (Fsp3) is 0.286. The van der Waals surface area contributed by atoms with E-state index in [-0.39, 0.29) is 11.7 Å². The fourth-order valence-corrected chi connectivity index (χ4v) is 1.86. The average Bonchev–Trinajstić information content (AvgIpc) is 2.83. The predicted molar refractivity (Wildman–Crippen MR) is 72.5 cm³/mol. The average molecular weight is 259 g/mol. The van der Waals surface area contributed by atoms with E-state index in [9.17, 15) is 4.79 Å². The summed E-state index contributed by atoms with van der Waals surface area (Å²) in [5.74, 6) is 0.122. The molecule has 19 heavy (non-hydrogen) atoms. The Morgan fingerprint density at radius 3 is 2.74 bits per heavy atom. The first-order valence-electron chi connectivity index (χ1n) is 6.16. The van der Waals surface area contributed by atoms with Gasteiger partial charge in [-0.25, -0.2) is 4.98 Å². The van der Waals surface area contributed by atoms with Gasteiger partial charge in [-0.15, -0.1) is 0 Å². The van der Waals surface area contributed by atoms with Crippen LogP contribution in [0.5, 0.6) is 0 Å². The maximum absolute atomic E-state index is 12.3. The van der Waals surface area contributed by atoms with Crippen molar-refractivity contribution in [2.45, 2.75) is 20.4 Å². The van der Waals surface area contributed by atoms with Crippen LogP contribution in [0.3, 0.4) is 0 Å². The second kappa shape index (κ2) is 5.56. The number of nitrogens with two attached hydrogens (primary N) is 1. The number of para-hydroxylation sites is 1. The van der Waals surface area contributed by atoms with E-state index >= 15 is 0 Å². The molecular formula is C14H17N3O2. The van der Waals surface area contributed by atoms with Crippen LogP contribution in [0.4, 0.5) is 5.69 Å². The van der Waals surface area contributed by atoms with Crippen molar-refractivity contribution in [3.63, 3.8) is 0 Å². The molecule has 1 amide bonds. The molecule has 0 aliphatic rings. The van der Waals surface area contributed by atoms with Crippen LogP contribution in [0.15, 0.2) is 35.1 Å². The number of nitrogens with zero attached hydrogens (tertiary/aromatic N) is 2. The van der Waals surface area contributed by atoms with Gasteiger partial charge >= 0.3 is 0 Å². The molecule has 0 spiro atoms. The summed E-state index contributed by atoms with van der Waals surface area (Å²) in [5, 5.41) is 0. The van der Waals surface area contributed by atoms with Gasteiger partial charge in [-0.1, -0.05) is 18.2 Å². The van der Waals surface area contributed by atoms with Crippen molar-refractivity contribution in [2.75, 3.05) is 12.3 Å². The summed E-state index contributed by atoms with van der Waals surface area (Å²) in [4.78, 5) is 17.9. The number of benzene rings is 1. The van der Waals surface area contributed by atoms with E-state index < -0.39 is 0 Å². The second-order valence-corrected chi connectivity index (χ2v) is 4.29. The number of oxazole rings is 1. The first-order valence-corrected chi connectivity index (χ1v) is 6.16. The van der Waals surface area contributed by atoms with Crippen LogP contribution < -0.4 is 5.73 Å². The van der Waals surface area contributed by atoms with Crippen molar-refractivity contribution in [1.29, 1.82) is 0 Å². The summed E-state index contributed by atoms with van der Waals surface area (Å²) in [7, 11) is 0. The highest BCUT2D eigenvalue weighted by molar-refractivity contribution is 5.92. The molecule has 0 atom stereocenters. The summed E-state index contributed by atoms with van der Waals surface area (Å²) in [5.41, 5.74) is 8.11. The van der Waals surface area contributed by atoms with Gasteiger partial charge in [-0.05, 0) is 25.5 Å². The van der Waals surface area contributed by atoms with E-state index in [0.717, 1.165) is 5.56 Å². The molecule has 0 saturated carbocycles. The molecule has 1 aromatic carbocycles. The van der Waals surface area contributed by atoms with Gasteiger partial charge in [0, 0.05) is 18.8 Å². The lowest BCUT2D eigenvalue weighted by Gasteiger charge is -2.20. The van der Waals surface area contributed by atoms with Crippen LogP contribution in [0.2, 0.25) is 0 Å². The van der Waals surface area contributed by atoms with E-state index in [1.807, 2.05) is 31.2 Å². The highest BCUT2D eigenvalue weighted by atomic mass is 16.3. The highest BCUT2D eigenvalue weighted by Crippen LogP contribution is 2.16. The fourth-order valence-electron chi connectivity index (χ4n) is 1.86. The third kappa shape index (κ3) is 2.76. The van der Waals surface area contributed by atoms with Crippen LogP contribution in [-0.4, -0.2) is 22.3 Å². The Hall–Kier alpha value is -2.30. The van der Waals surface area contributed by atoms with Crippen LogP contribution in [0.25, 0.3) is 0 Å². The number of hydrogen-bond donors (Lipinski definition) is 1. The molecule has 0 saturated heterocycles. The van der Waals surface area contributed by atoms with Gasteiger partial charge in [-0.2, -0.15) is 0 Å². The Labute approximate surface area is 112 Å². The first-order chi connectivity index (χ1) is 9.13. The molecule has 1 heterocycles. The van der Waals surface area contributed by atoms with E-state index in [2.05, 4.69) is 4.98 Å². The second-order valence-electron chi connectivity index (χ2n) is 4.29. The number of aryl methyl sites for hydroxylation is 1. The number of aromatic nitrogens is 1. The van der Waals surface area contributed by atoms with Crippen molar-refractivity contribution >= 4 is 11.6 Å². The molecule has 2 N–H and O–H groups in total. The van der Waals surface area contributed by atoms with Crippen LogP contribution >= 0.6 is 0 Å². The standard InChI is InChI=1S/C14H17N3O2/c1-3-17(8-11-6-4-5-7-12(11)15)14(18)13-10(2)16-9-19-13/h4-7,9H,3,8,15H2,1-2H3. The zero-order chi connectivity index (χ0) is 13.8. The first kappa shape index (κ1) is 13.1. The number of anilines is 1. The van der Waals surface area contributed by atoms with Gasteiger partial charge < -0.3 is 15.1 Å². The van der Waals surface area contributed by atoms with E-state index in [1.54, 1.807) is 11.8 Å². The number of carbonyl (C=O) groups excluding carboxylic acids is 1. The van der Waals surface area contributed by atoms with E-state index in [1.165, 1.54) is 6.39 Å². The number of rotatable bonds is 4. The SMILES string of the molecule is CCN(Cc1ccccc1N)C(=O)c1ocnc1C. The van der Waals surface area contributed by atoms with Crippen LogP contribution in [-0.2, 0) is 6.54 Å². The molecule has 2 rings (SSSR count). The number of hydrogen-bond acceptors (Lipinski definition) is 4. The highest BCUT2D eigenvalue weighted by Gasteiger charge is 2.20. The van der Waals surface area contributed by atoms with E-state index in [0.29, 0.717) is 24.5 Å². The molecule has 5 heteroatoms. The van der Waals surface area contributed by atoms with Crippen molar-refractivity contribution in [1.82, 2.24) is 9.88 Å². The van der Waals surface area contributed by atoms with Gasteiger partial charge in [-0.3, -0.25) is 4.79 Å². The van der Waals surface area contributed by atoms with Gasteiger partial charge in [0.1, 0.15) is 0 Å². The summed E-state index contributed by atoms with van der Waals surface area (Å²) < 4.78 is 5.14. The van der Waals surface area contributed by atoms with Gasteiger partial charge in [0.25, 0.3) is 5.91 Å². The molecule has 0 unspecified atom stereocenters. The van der Waals surface area contributed by atoms with Gasteiger partial charge in [0.15, 0.2) is 6.39 Å². The minimum Gasteiger partial charge on any atom is -0.438 e. The van der Waals surface area contributed by atoms with Crippen LogP contribution in [0, 0.1) is 6.92 Å². The van der Waals surface area contributed by atoms with Gasteiger partial charge in [0.2, 0.25) is 5.76 Å². The molecule has 0 aliphatic carbocycles. The Morgan fingerprint density at radius 2 is 2.16 bits per heavy atom. The molecular weight excluding hydrogens is 242 g/mol. The molecule has 0 bridgehead atoms. The Morgan fingerprint density at radius 1 is 1.42 bits per heavy atom. The minimum atomic E-state index is -0.166. The molecule has 0 aliphatic heterocycles. The summed E-state index contributed by atoms with van der Waals surface area (Å²) in [6.45, 7) is 4.71. The maximum Gasteiger partial charge on any atom is 0.291 e. The molecule has 0 fully saturated rings. The van der Waals surface area contributed by atoms with Crippen molar-refractivity contribution in [2.24, 2.45) is 0 Å². The zero-order valence-corrected chi connectivity index (χ0v) is 11.1. The molecule has 100 valence electrons. The van der Waals surface area contributed by atoms with Crippen molar-refractivity contribution in [3.05, 3.63) is 47.7 Å². The normalized spacial score (nSPS) is 10.4. The number of nitrogen functional groups attached to an aromatic ring is 1. The smallest absolute Gasteiger partial charge is 0.291 e. The summed E-state index contributed by atoms with van der Waals surface area (Å²) >= 11 is 0.